The van der Waals surface area contributed by atoms with Crippen LogP contribution in [0.4, 0.5) is 8.78 Å². The van der Waals surface area contributed by atoms with Gasteiger partial charge in [-0.05, 0) is 68.9 Å². The SMILES string of the molecule is C#C[C@H]1CC(F)(F)CN1C(=O)CNC(=O)c1ccnc2ccc(OCCCN3CCN(C(=O)[C@H](CC(=O)OC)NC(=O)[C@H](CCCNC(=O)CCCc4ccc(C)cc4)NC(=O)CN4CCN(COC=O)CCN(COC=O)CCN(CC(=O)O)CC4)CC3)cc12. The number of carbonyl (C=O) groups excluding carboxylic acids is 9. The number of hydrogen-bond donors (Lipinski definition) is 5. The number of carboxylic acids is 1. The number of aryl methyl sites for hydroxylation is 2. The molecule has 91 heavy (non-hydrogen) atoms. The van der Waals surface area contributed by atoms with Gasteiger partial charge in [-0.15, -0.1) is 6.42 Å². The fraction of sp³-hybridized carbons (Fsp3) is 0.565. The second-order valence-electron chi connectivity index (χ2n) is 22.6. The monoisotopic (exact) mass is 1270 g/mol. The largest absolute Gasteiger partial charge is 0.494 e. The molecule has 4 heterocycles. The Labute approximate surface area is 527 Å². The van der Waals surface area contributed by atoms with Crippen LogP contribution in [-0.2, 0) is 63.8 Å². The number of carboxylic acid groups (broad SMARTS) is 1. The molecule has 0 saturated carbocycles. The number of rotatable bonds is 32. The minimum absolute atomic E-state index is 0.0126. The molecule has 496 valence electrons. The predicted molar refractivity (Wildman–Crippen MR) is 326 cm³/mol. The van der Waals surface area contributed by atoms with Crippen molar-refractivity contribution in [3.63, 3.8) is 0 Å². The number of piperazine rings is 1. The summed E-state index contributed by atoms with van der Waals surface area (Å²) in [5, 5.41) is 21.1. The zero-order chi connectivity index (χ0) is 65.7. The van der Waals surface area contributed by atoms with Crippen LogP contribution in [0.5, 0.6) is 5.75 Å². The summed E-state index contributed by atoms with van der Waals surface area (Å²) in [5.74, 6) is -5.76. The van der Waals surface area contributed by atoms with E-state index in [1.54, 1.807) is 32.9 Å². The highest BCUT2D eigenvalue weighted by Crippen LogP contribution is 2.32. The molecule has 0 spiro atoms. The van der Waals surface area contributed by atoms with Crippen molar-refractivity contribution >= 4 is 71.2 Å². The molecule has 1 aromatic heterocycles. The normalized spacial score (nSPS) is 17.8. The minimum atomic E-state index is -3.13. The Morgan fingerprint density at radius 1 is 0.769 bits per heavy atom. The molecule has 5 N–H and O–H groups in total. The number of amides is 6. The number of aromatic nitrogens is 1. The van der Waals surface area contributed by atoms with Gasteiger partial charge in [0.25, 0.3) is 24.8 Å². The number of hydrogen-bond acceptors (Lipinski definition) is 20. The molecule has 6 amide bonds. The molecule has 6 rings (SSSR count). The number of likely N-dealkylation sites (tertiary alicyclic amines) is 1. The van der Waals surface area contributed by atoms with E-state index in [-0.39, 0.29) is 116 Å². The van der Waals surface area contributed by atoms with E-state index >= 15 is 0 Å². The summed E-state index contributed by atoms with van der Waals surface area (Å²) in [4.78, 5) is 145. The molecule has 0 unspecified atom stereocenters. The van der Waals surface area contributed by atoms with Gasteiger partial charge in [-0.3, -0.25) is 77.4 Å². The highest BCUT2D eigenvalue weighted by Gasteiger charge is 2.46. The maximum Gasteiger partial charge on any atom is 0.317 e. The number of halogens is 2. The van der Waals surface area contributed by atoms with Gasteiger partial charge in [0.15, 0.2) is 0 Å². The first-order chi connectivity index (χ1) is 43.8. The quantitative estimate of drug-likeness (QED) is 0.0182. The molecule has 3 saturated heterocycles. The average molecular weight is 1280 g/mol. The minimum Gasteiger partial charge on any atom is -0.494 e. The number of benzene rings is 2. The zero-order valence-electron chi connectivity index (χ0n) is 51.7. The van der Waals surface area contributed by atoms with Gasteiger partial charge in [-0.2, -0.15) is 0 Å². The Morgan fingerprint density at radius 2 is 1.41 bits per heavy atom. The van der Waals surface area contributed by atoms with Gasteiger partial charge in [-0.25, -0.2) is 8.78 Å². The second-order valence-corrected chi connectivity index (χ2v) is 22.6. The van der Waals surface area contributed by atoms with Crippen molar-refractivity contribution in [1.29, 1.82) is 0 Å². The van der Waals surface area contributed by atoms with Crippen LogP contribution >= 0.6 is 0 Å². The second kappa shape index (κ2) is 37.0. The van der Waals surface area contributed by atoms with Crippen molar-refractivity contribution in [2.75, 3.05) is 145 Å². The van der Waals surface area contributed by atoms with E-state index in [4.69, 9.17) is 25.4 Å². The standard InChI is InChI=1S/C62H84F2N12O15/c1-4-47-36-62(63,64)40-76(47)56(81)37-67-59(85)49-17-19-65-51-16-15-48(34-50(49)51)91-33-7-20-70-29-31-75(32-30-70)61(87)53(35-58(84)88-3)69-60(86)52(9-6-18-66-54(79)10-5-8-46-13-11-45(2)12-14-46)68-55(80)38-71-21-22-72(39-57(82)83)24-26-74(42-90-44-78)28-27-73(25-23-71)41-89-43-77/h1,11-17,19,34,43-44,47,52-53H,5-10,18,20-33,35-42H2,2-3H3,(H,66,79)(H,67,85)(H,68,80)(H,69,86)(H,82,83)/t47-,52-,53-/m0/s1. The third-order valence-electron chi connectivity index (χ3n) is 15.9. The van der Waals surface area contributed by atoms with Crippen LogP contribution in [0, 0.1) is 19.3 Å². The van der Waals surface area contributed by atoms with Gasteiger partial charge in [-0.1, -0.05) is 35.7 Å². The molecule has 3 fully saturated rings. The highest BCUT2D eigenvalue weighted by atomic mass is 19.3. The van der Waals surface area contributed by atoms with Crippen LogP contribution in [0.1, 0.15) is 66.4 Å². The molecule has 3 aromatic rings. The lowest BCUT2D eigenvalue weighted by atomic mass is 10.1. The molecule has 0 bridgehead atoms. The van der Waals surface area contributed by atoms with Crippen molar-refractivity contribution in [2.45, 2.75) is 82.3 Å². The van der Waals surface area contributed by atoms with E-state index in [2.05, 4.69) is 37.1 Å². The first-order valence-electron chi connectivity index (χ1n) is 30.4. The number of nitrogens with zero attached hydrogens (tertiary/aromatic N) is 8. The maximum atomic E-state index is 14.5. The fourth-order valence-electron chi connectivity index (χ4n) is 10.8. The van der Waals surface area contributed by atoms with Crippen LogP contribution in [-0.4, -0.2) is 274 Å². The topological polar surface area (TPSA) is 312 Å². The van der Waals surface area contributed by atoms with Crippen molar-refractivity contribution in [3.05, 3.63) is 71.4 Å². The van der Waals surface area contributed by atoms with E-state index in [0.717, 1.165) is 23.1 Å². The molecule has 3 aliphatic heterocycles. The van der Waals surface area contributed by atoms with Gasteiger partial charge in [0.05, 0.1) is 63.4 Å². The van der Waals surface area contributed by atoms with E-state index < -0.39 is 91.5 Å². The van der Waals surface area contributed by atoms with Crippen LogP contribution < -0.4 is 26.0 Å². The number of nitrogens with one attached hydrogen (secondary N) is 4. The van der Waals surface area contributed by atoms with Gasteiger partial charge in [0, 0.05) is 116 Å². The lowest BCUT2D eigenvalue weighted by Gasteiger charge is -2.36. The number of esters is 1. The van der Waals surface area contributed by atoms with Crippen molar-refractivity contribution < 1.29 is 80.8 Å². The van der Waals surface area contributed by atoms with Crippen LogP contribution in [0.25, 0.3) is 10.9 Å². The number of methoxy groups -OCH3 is 1. The number of alkyl halides is 2. The van der Waals surface area contributed by atoms with Gasteiger partial charge in [0.1, 0.15) is 31.3 Å². The first kappa shape index (κ1) is 71.6. The Kier molecular flexibility index (Phi) is 29.2. The molecule has 27 nitrogen and oxygen atoms in total. The molecule has 3 atom stereocenters. The van der Waals surface area contributed by atoms with E-state index in [0.29, 0.717) is 88.1 Å². The van der Waals surface area contributed by atoms with Gasteiger partial charge in [0.2, 0.25) is 29.5 Å². The van der Waals surface area contributed by atoms with E-state index in [1.165, 1.54) is 12.3 Å². The Hall–Kier alpha value is -8.43. The Bertz CT molecular complexity index is 2990. The van der Waals surface area contributed by atoms with Crippen LogP contribution in [0.2, 0.25) is 0 Å². The number of terminal acetylenes is 1. The van der Waals surface area contributed by atoms with E-state index in [9.17, 15) is 61.8 Å². The summed E-state index contributed by atoms with van der Waals surface area (Å²) in [7, 11) is 1.16. The number of ether oxygens (including phenoxy) is 4. The Morgan fingerprint density at radius 3 is 2.03 bits per heavy atom. The molecule has 2 aromatic carbocycles. The first-order valence-corrected chi connectivity index (χ1v) is 30.4. The molecule has 0 radical (unpaired) electrons. The summed E-state index contributed by atoms with van der Waals surface area (Å²) in [6, 6.07) is 10.8. The third kappa shape index (κ3) is 24.4. The number of pyridine rings is 1. The predicted octanol–water partition coefficient (Wildman–Crippen LogP) is 0.0747. The number of aliphatic carboxylic acids is 1. The number of carbonyl (C=O) groups is 10. The molecule has 3 aliphatic rings. The molecular weight excluding hydrogens is 1190 g/mol. The highest BCUT2D eigenvalue weighted by molar-refractivity contribution is 6.07. The lowest BCUT2D eigenvalue weighted by Crippen LogP contribution is -2.58. The summed E-state index contributed by atoms with van der Waals surface area (Å²) >= 11 is 0. The van der Waals surface area contributed by atoms with Crippen molar-refractivity contribution in [1.82, 2.24) is 60.6 Å². The molecular formula is C62H84F2N12O15. The molecule has 29 heteroatoms. The summed E-state index contributed by atoms with van der Waals surface area (Å²) in [6.45, 7) is 5.14. The average Bonchev–Trinajstić information content (AvgIpc) is 1.90. The lowest BCUT2D eigenvalue weighted by molar-refractivity contribution is -0.147. The number of fused-ring (bicyclic) bond motifs is 1. The smallest absolute Gasteiger partial charge is 0.317 e. The summed E-state index contributed by atoms with van der Waals surface area (Å²) in [6.07, 6.45) is 8.03. The fourth-order valence-corrected chi connectivity index (χ4v) is 10.8. The van der Waals surface area contributed by atoms with Crippen LogP contribution in [0.3, 0.4) is 0 Å². The van der Waals surface area contributed by atoms with Crippen LogP contribution in [0.15, 0.2) is 54.7 Å². The summed E-state index contributed by atoms with van der Waals surface area (Å²) < 4.78 is 49.1. The maximum absolute atomic E-state index is 14.5. The Balaban J connectivity index is 1.05. The van der Waals surface area contributed by atoms with Gasteiger partial charge >= 0.3 is 11.9 Å². The zero-order valence-corrected chi connectivity index (χ0v) is 51.7. The van der Waals surface area contributed by atoms with E-state index in [1.807, 2.05) is 41.0 Å². The van der Waals surface area contributed by atoms with Crippen molar-refractivity contribution in [2.24, 2.45) is 0 Å². The summed E-state index contributed by atoms with van der Waals surface area (Å²) in [5.41, 5.74) is 2.90. The molecule has 0 aliphatic carbocycles. The third-order valence-corrected chi connectivity index (χ3v) is 15.9. The van der Waals surface area contributed by atoms with Gasteiger partial charge < -0.3 is 55.1 Å². The van der Waals surface area contributed by atoms with Crippen molar-refractivity contribution in [3.8, 4) is 18.1 Å².